The predicted octanol–water partition coefficient (Wildman–Crippen LogP) is 4.01. The number of nitrogens with zero attached hydrogens (tertiary/aromatic N) is 2. The van der Waals surface area contributed by atoms with Crippen LogP contribution in [0.3, 0.4) is 0 Å². The molecule has 0 unspecified atom stereocenters. The Kier molecular flexibility index (Phi) is 10.2. The summed E-state index contributed by atoms with van der Waals surface area (Å²) in [6.07, 6.45) is 2.23. The van der Waals surface area contributed by atoms with Crippen LogP contribution < -0.4 is 9.62 Å². The van der Waals surface area contributed by atoms with Crippen molar-refractivity contribution in [2.75, 3.05) is 17.1 Å². The van der Waals surface area contributed by atoms with Gasteiger partial charge in [0.25, 0.3) is 0 Å². The molecule has 0 radical (unpaired) electrons. The number of amides is 2. The quantitative estimate of drug-likeness (QED) is 0.472. The largest absolute Gasteiger partial charge is 0.352 e. The van der Waals surface area contributed by atoms with Crippen molar-refractivity contribution in [2.45, 2.75) is 65.6 Å². The van der Waals surface area contributed by atoms with Crippen molar-refractivity contribution >= 4 is 27.5 Å². The van der Waals surface area contributed by atoms with E-state index in [0.29, 0.717) is 11.3 Å². The highest BCUT2D eigenvalue weighted by Crippen LogP contribution is 2.23. The highest BCUT2D eigenvalue weighted by atomic mass is 32.2. The van der Waals surface area contributed by atoms with Gasteiger partial charge in [-0.2, -0.15) is 0 Å². The number of nitrogens with one attached hydrogen (secondary N) is 1. The number of benzene rings is 2. The molecule has 192 valence electrons. The lowest BCUT2D eigenvalue weighted by Gasteiger charge is -2.30. The van der Waals surface area contributed by atoms with E-state index in [1.807, 2.05) is 32.9 Å². The molecule has 0 spiro atoms. The second kappa shape index (κ2) is 12.7. The van der Waals surface area contributed by atoms with Crippen LogP contribution in [-0.2, 0) is 26.2 Å². The van der Waals surface area contributed by atoms with Gasteiger partial charge < -0.3 is 10.2 Å². The minimum Gasteiger partial charge on any atom is -0.352 e. The number of rotatable bonds is 12. The molecule has 7 nitrogen and oxygen atoms in total. The number of aryl methyl sites for hydroxylation is 1. The third-order valence-electron chi connectivity index (χ3n) is 5.97. The van der Waals surface area contributed by atoms with Crippen LogP contribution in [0, 0.1) is 12.7 Å². The normalized spacial score (nSPS) is 13.1. The van der Waals surface area contributed by atoms with Gasteiger partial charge >= 0.3 is 0 Å². The summed E-state index contributed by atoms with van der Waals surface area (Å²) >= 11 is 0. The summed E-state index contributed by atoms with van der Waals surface area (Å²) in [5.41, 5.74) is 2.09. The molecule has 2 atom stereocenters. The summed E-state index contributed by atoms with van der Waals surface area (Å²) in [5, 5.41) is 2.90. The second-order valence-electron chi connectivity index (χ2n) is 8.87. The van der Waals surface area contributed by atoms with Crippen LogP contribution >= 0.6 is 0 Å². The molecule has 35 heavy (non-hydrogen) atoms. The number of carbonyl (C=O) groups is 2. The first kappa shape index (κ1) is 28.3. The van der Waals surface area contributed by atoms with Crippen molar-refractivity contribution in [3.8, 4) is 0 Å². The van der Waals surface area contributed by atoms with Crippen molar-refractivity contribution in [3.05, 3.63) is 65.5 Å². The topological polar surface area (TPSA) is 86.8 Å². The first-order chi connectivity index (χ1) is 16.4. The Balaban J connectivity index is 2.17. The van der Waals surface area contributed by atoms with Crippen LogP contribution in [-0.4, -0.2) is 50.0 Å². The van der Waals surface area contributed by atoms with E-state index in [0.717, 1.165) is 18.2 Å². The first-order valence-electron chi connectivity index (χ1n) is 11.8. The minimum atomic E-state index is -3.55. The number of hydrogen-bond acceptors (Lipinski definition) is 4. The Morgan fingerprint density at radius 3 is 2.26 bits per heavy atom. The zero-order valence-corrected chi connectivity index (χ0v) is 21.9. The van der Waals surface area contributed by atoms with Crippen molar-refractivity contribution in [1.29, 1.82) is 0 Å². The van der Waals surface area contributed by atoms with Crippen LogP contribution in [0.4, 0.5) is 10.1 Å². The highest BCUT2D eigenvalue weighted by Gasteiger charge is 2.27. The van der Waals surface area contributed by atoms with Gasteiger partial charge in [0.15, 0.2) is 0 Å². The lowest BCUT2D eigenvalue weighted by molar-refractivity contribution is -0.140. The summed E-state index contributed by atoms with van der Waals surface area (Å²) in [6, 6.07) is 12.2. The van der Waals surface area contributed by atoms with Crippen LogP contribution in [0.1, 0.15) is 51.2 Å². The number of carbonyl (C=O) groups excluding carboxylic acids is 2. The monoisotopic (exact) mass is 505 g/mol. The fourth-order valence-electron chi connectivity index (χ4n) is 3.66. The third kappa shape index (κ3) is 8.35. The molecule has 2 rings (SSSR count). The van der Waals surface area contributed by atoms with Gasteiger partial charge in [0, 0.05) is 25.6 Å². The number of hydrogen-bond donors (Lipinski definition) is 1. The zero-order chi connectivity index (χ0) is 26.2. The van der Waals surface area contributed by atoms with E-state index in [4.69, 9.17) is 0 Å². The van der Waals surface area contributed by atoms with Gasteiger partial charge in [0.2, 0.25) is 21.8 Å². The average molecular weight is 506 g/mol. The lowest BCUT2D eigenvalue weighted by Crippen LogP contribution is -2.49. The molecule has 2 aromatic carbocycles. The molecule has 0 heterocycles. The standard InChI is InChI=1S/C26H36FN3O4S/c1-6-20(3)28-26(32)21(4)29(18-22-13-15-23(27)16-14-22)25(31)12-9-17-30(35(5,33)34)24-11-8-7-10-19(24)2/h7-8,10-11,13-16,20-21H,6,9,12,17-18H2,1-5H3,(H,28,32)/t20-,21+/m1/s1. The van der Waals surface area contributed by atoms with Crippen LogP contribution in [0.5, 0.6) is 0 Å². The minimum absolute atomic E-state index is 0.0369. The Labute approximate surface area is 208 Å². The molecular weight excluding hydrogens is 469 g/mol. The third-order valence-corrected chi connectivity index (χ3v) is 7.15. The molecule has 1 N–H and O–H groups in total. The number of halogens is 1. The fraction of sp³-hybridized carbons (Fsp3) is 0.462. The molecule has 0 saturated carbocycles. The Morgan fingerprint density at radius 1 is 1.06 bits per heavy atom. The molecule has 9 heteroatoms. The van der Waals surface area contributed by atoms with Gasteiger partial charge in [-0.05, 0) is 62.9 Å². The first-order valence-corrected chi connectivity index (χ1v) is 13.7. The summed E-state index contributed by atoms with van der Waals surface area (Å²) in [5.74, 6) is -0.932. The Hall–Kier alpha value is -2.94. The maximum Gasteiger partial charge on any atom is 0.242 e. The molecule has 0 aliphatic rings. The zero-order valence-electron chi connectivity index (χ0n) is 21.1. The second-order valence-corrected chi connectivity index (χ2v) is 10.8. The van der Waals surface area contributed by atoms with Crippen molar-refractivity contribution in [2.24, 2.45) is 0 Å². The van der Waals surface area contributed by atoms with Crippen LogP contribution in [0.15, 0.2) is 48.5 Å². The average Bonchev–Trinajstić information content (AvgIpc) is 2.80. The van der Waals surface area contributed by atoms with Gasteiger partial charge in [-0.3, -0.25) is 13.9 Å². The molecule has 0 aromatic heterocycles. The fourth-order valence-corrected chi connectivity index (χ4v) is 4.68. The summed E-state index contributed by atoms with van der Waals surface area (Å²) < 4.78 is 39.5. The number of sulfonamides is 1. The van der Waals surface area contributed by atoms with E-state index in [1.165, 1.54) is 21.3 Å². The van der Waals surface area contributed by atoms with E-state index in [2.05, 4.69) is 5.32 Å². The number of para-hydroxylation sites is 1. The Bertz CT molecular complexity index is 1110. The van der Waals surface area contributed by atoms with E-state index >= 15 is 0 Å². The van der Waals surface area contributed by atoms with E-state index < -0.39 is 16.1 Å². The summed E-state index contributed by atoms with van der Waals surface area (Å²) in [7, 11) is -3.55. The van der Waals surface area contributed by atoms with Gasteiger partial charge in [-0.1, -0.05) is 37.3 Å². The van der Waals surface area contributed by atoms with Gasteiger partial charge in [-0.15, -0.1) is 0 Å². The molecule has 0 fully saturated rings. The van der Waals surface area contributed by atoms with E-state index in [1.54, 1.807) is 31.2 Å². The highest BCUT2D eigenvalue weighted by molar-refractivity contribution is 7.92. The molecular formula is C26H36FN3O4S. The molecule has 0 saturated heterocycles. The molecule has 0 aliphatic carbocycles. The van der Waals surface area contributed by atoms with E-state index in [-0.39, 0.29) is 49.6 Å². The summed E-state index contributed by atoms with van der Waals surface area (Å²) in [6.45, 7) is 7.62. The van der Waals surface area contributed by atoms with Gasteiger partial charge in [0.05, 0.1) is 11.9 Å². The lowest BCUT2D eigenvalue weighted by atomic mass is 10.1. The SMILES string of the molecule is CC[C@@H](C)NC(=O)[C@H](C)N(Cc1ccc(F)cc1)C(=O)CCCN(c1ccccc1C)S(C)(=O)=O. The van der Waals surface area contributed by atoms with E-state index in [9.17, 15) is 22.4 Å². The molecule has 0 bridgehead atoms. The van der Waals surface area contributed by atoms with Gasteiger partial charge in [-0.25, -0.2) is 12.8 Å². The van der Waals surface area contributed by atoms with Crippen LogP contribution in [0.25, 0.3) is 0 Å². The van der Waals surface area contributed by atoms with Crippen molar-refractivity contribution in [3.63, 3.8) is 0 Å². The molecule has 2 amide bonds. The maximum atomic E-state index is 13.4. The summed E-state index contributed by atoms with van der Waals surface area (Å²) in [4.78, 5) is 27.5. The van der Waals surface area contributed by atoms with Crippen molar-refractivity contribution < 1.29 is 22.4 Å². The smallest absolute Gasteiger partial charge is 0.242 e. The Morgan fingerprint density at radius 2 is 1.69 bits per heavy atom. The number of anilines is 1. The molecule has 0 aliphatic heterocycles. The van der Waals surface area contributed by atoms with Gasteiger partial charge in [0.1, 0.15) is 11.9 Å². The predicted molar refractivity (Wildman–Crippen MR) is 137 cm³/mol. The molecule has 2 aromatic rings. The van der Waals surface area contributed by atoms with Crippen molar-refractivity contribution in [1.82, 2.24) is 10.2 Å². The van der Waals surface area contributed by atoms with Crippen LogP contribution in [0.2, 0.25) is 0 Å². The maximum absolute atomic E-state index is 13.4.